The maximum atomic E-state index is 10.9. The molecule has 0 saturated carbocycles. The molecule has 1 aliphatic rings. The van der Waals surface area contributed by atoms with Crippen molar-refractivity contribution in [2.45, 2.75) is 25.4 Å². The van der Waals surface area contributed by atoms with E-state index in [-0.39, 0.29) is 11.7 Å². The molecule has 1 atom stereocenters. The van der Waals surface area contributed by atoms with Crippen LogP contribution in [0.15, 0.2) is 36.7 Å². The van der Waals surface area contributed by atoms with Crippen LogP contribution in [0, 0.1) is 0 Å². The number of carbonyl (C=O) groups is 1. The Morgan fingerprint density at radius 3 is 2.58 bits per heavy atom. The van der Waals surface area contributed by atoms with Gasteiger partial charge in [-0.25, -0.2) is 14.8 Å². The van der Waals surface area contributed by atoms with E-state index in [1.54, 1.807) is 6.20 Å². The van der Waals surface area contributed by atoms with Crippen LogP contribution in [0.2, 0.25) is 0 Å². The number of benzene rings is 1. The topological polar surface area (TPSA) is 69.6 Å². The molecule has 0 spiro atoms. The van der Waals surface area contributed by atoms with Crippen molar-refractivity contribution in [1.29, 1.82) is 0 Å². The van der Waals surface area contributed by atoms with Crippen molar-refractivity contribution in [3.63, 3.8) is 0 Å². The van der Waals surface area contributed by atoms with Crippen LogP contribution >= 0.6 is 0 Å². The summed E-state index contributed by atoms with van der Waals surface area (Å²) in [6.07, 6.45) is 5.04. The first-order chi connectivity index (χ1) is 11.5. The second-order valence-electron chi connectivity index (χ2n) is 6.40. The molecule has 126 valence electrons. The Hall–Kier alpha value is -2.47. The molecule has 1 unspecified atom stereocenters. The predicted octanol–water partition coefficient (Wildman–Crippen LogP) is 2.58. The summed E-state index contributed by atoms with van der Waals surface area (Å²) in [5.41, 5.74) is 2.53. The van der Waals surface area contributed by atoms with Gasteiger partial charge in [-0.3, -0.25) is 0 Å². The minimum Gasteiger partial charge on any atom is -0.476 e. The SMILES string of the molecule is CN(C)Cc1ccc(C2CCCN2c2cnc(C(=O)O)cn2)cc1. The zero-order valence-electron chi connectivity index (χ0n) is 14.0. The summed E-state index contributed by atoms with van der Waals surface area (Å²) in [7, 11) is 4.12. The van der Waals surface area contributed by atoms with Crippen molar-refractivity contribution >= 4 is 11.8 Å². The number of aromatic carboxylic acids is 1. The third-order valence-corrected chi connectivity index (χ3v) is 4.27. The quantitative estimate of drug-likeness (QED) is 0.911. The fraction of sp³-hybridized carbons (Fsp3) is 0.389. The fourth-order valence-electron chi connectivity index (χ4n) is 3.18. The zero-order valence-corrected chi connectivity index (χ0v) is 14.0. The molecule has 0 radical (unpaired) electrons. The van der Waals surface area contributed by atoms with Crippen LogP contribution in [0.1, 0.15) is 40.5 Å². The second kappa shape index (κ2) is 6.97. The molecule has 3 rings (SSSR count). The van der Waals surface area contributed by atoms with Crippen molar-refractivity contribution < 1.29 is 9.90 Å². The van der Waals surface area contributed by atoms with E-state index in [0.29, 0.717) is 0 Å². The van der Waals surface area contributed by atoms with Crippen LogP contribution in [0.5, 0.6) is 0 Å². The number of rotatable bonds is 5. The van der Waals surface area contributed by atoms with Crippen LogP contribution in [-0.4, -0.2) is 46.6 Å². The first-order valence-electron chi connectivity index (χ1n) is 8.10. The van der Waals surface area contributed by atoms with Crippen LogP contribution in [0.3, 0.4) is 0 Å². The predicted molar refractivity (Wildman–Crippen MR) is 92.1 cm³/mol. The minimum absolute atomic E-state index is 0.0254. The number of carboxylic acids is 1. The van der Waals surface area contributed by atoms with E-state index in [9.17, 15) is 4.79 Å². The van der Waals surface area contributed by atoms with Crippen LogP contribution in [-0.2, 0) is 6.54 Å². The average Bonchev–Trinajstić information content (AvgIpc) is 3.04. The van der Waals surface area contributed by atoms with Gasteiger partial charge in [0.05, 0.1) is 18.4 Å². The van der Waals surface area contributed by atoms with Gasteiger partial charge < -0.3 is 14.9 Å². The Balaban J connectivity index is 1.78. The first-order valence-corrected chi connectivity index (χ1v) is 8.10. The molecule has 2 heterocycles. The van der Waals surface area contributed by atoms with Crippen molar-refractivity contribution in [3.8, 4) is 0 Å². The molecule has 0 amide bonds. The van der Waals surface area contributed by atoms with E-state index in [0.717, 1.165) is 31.7 Å². The van der Waals surface area contributed by atoms with Crippen LogP contribution in [0.25, 0.3) is 0 Å². The van der Waals surface area contributed by atoms with E-state index in [1.165, 1.54) is 17.3 Å². The molecule has 1 fully saturated rings. The van der Waals surface area contributed by atoms with Gasteiger partial charge in [0, 0.05) is 13.1 Å². The molecule has 0 bridgehead atoms. The highest BCUT2D eigenvalue weighted by molar-refractivity contribution is 5.84. The molecule has 0 aliphatic carbocycles. The highest BCUT2D eigenvalue weighted by Gasteiger charge is 2.27. The normalized spacial score (nSPS) is 17.5. The summed E-state index contributed by atoms with van der Waals surface area (Å²) >= 11 is 0. The molecule has 6 heteroatoms. The lowest BCUT2D eigenvalue weighted by Gasteiger charge is -2.26. The monoisotopic (exact) mass is 326 g/mol. The van der Waals surface area contributed by atoms with Gasteiger partial charge in [-0.15, -0.1) is 0 Å². The summed E-state index contributed by atoms with van der Waals surface area (Å²) < 4.78 is 0. The number of anilines is 1. The zero-order chi connectivity index (χ0) is 17.1. The molecule has 6 nitrogen and oxygen atoms in total. The van der Waals surface area contributed by atoms with E-state index in [1.807, 2.05) is 0 Å². The summed E-state index contributed by atoms with van der Waals surface area (Å²) in [5, 5.41) is 8.94. The molecule has 1 N–H and O–H groups in total. The summed E-state index contributed by atoms with van der Waals surface area (Å²) in [4.78, 5) is 23.5. The summed E-state index contributed by atoms with van der Waals surface area (Å²) in [6, 6.07) is 8.97. The summed E-state index contributed by atoms with van der Waals surface area (Å²) in [5.74, 6) is -0.316. The third kappa shape index (κ3) is 3.54. The van der Waals surface area contributed by atoms with Gasteiger partial charge in [-0.1, -0.05) is 24.3 Å². The fourth-order valence-corrected chi connectivity index (χ4v) is 3.18. The van der Waals surface area contributed by atoms with Gasteiger partial charge in [0.25, 0.3) is 0 Å². The van der Waals surface area contributed by atoms with E-state index >= 15 is 0 Å². The van der Waals surface area contributed by atoms with Crippen molar-refractivity contribution in [2.24, 2.45) is 0 Å². The van der Waals surface area contributed by atoms with Crippen LogP contribution < -0.4 is 4.90 Å². The smallest absolute Gasteiger partial charge is 0.356 e. The molecule has 24 heavy (non-hydrogen) atoms. The van der Waals surface area contributed by atoms with E-state index in [4.69, 9.17) is 5.11 Å². The van der Waals surface area contributed by atoms with E-state index < -0.39 is 5.97 Å². The molecule has 2 aromatic rings. The Kier molecular flexibility index (Phi) is 4.76. The van der Waals surface area contributed by atoms with Gasteiger partial charge >= 0.3 is 5.97 Å². The second-order valence-corrected chi connectivity index (χ2v) is 6.40. The molecular formula is C18H22N4O2. The number of aromatic nitrogens is 2. The van der Waals surface area contributed by atoms with Crippen molar-refractivity contribution in [2.75, 3.05) is 25.5 Å². The molecule has 1 aromatic heterocycles. The number of hydrogen-bond donors (Lipinski definition) is 1. The van der Waals surface area contributed by atoms with Gasteiger partial charge in [0.1, 0.15) is 5.82 Å². The molecule has 1 saturated heterocycles. The Labute approximate surface area is 141 Å². The van der Waals surface area contributed by atoms with Gasteiger partial charge in [-0.2, -0.15) is 0 Å². The lowest BCUT2D eigenvalue weighted by molar-refractivity contribution is 0.0690. The number of carboxylic acid groups (broad SMARTS) is 1. The van der Waals surface area contributed by atoms with Crippen molar-refractivity contribution in [1.82, 2.24) is 14.9 Å². The van der Waals surface area contributed by atoms with Crippen LogP contribution in [0.4, 0.5) is 5.82 Å². The minimum atomic E-state index is -1.05. The van der Waals surface area contributed by atoms with Gasteiger partial charge in [0.15, 0.2) is 5.69 Å². The highest BCUT2D eigenvalue weighted by atomic mass is 16.4. The Bertz CT molecular complexity index is 698. The van der Waals surface area contributed by atoms with Crippen molar-refractivity contribution in [3.05, 3.63) is 53.5 Å². The van der Waals surface area contributed by atoms with E-state index in [2.05, 4.69) is 58.1 Å². The average molecular weight is 326 g/mol. The largest absolute Gasteiger partial charge is 0.476 e. The molecule has 1 aliphatic heterocycles. The van der Waals surface area contributed by atoms with Gasteiger partial charge in [-0.05, 0) is 38.1 Å². The highest BCUT2D eigenvalue weighted by Crippen LogP contribution is 2.34. The number of hydrogen-bond acceptors (Lipinski definition) is 5. The maximum absolute atomic E-state index is 10.9. The standard InChI is InChI=1S/C18H22N4O2/c1-21(2)12-13-5-7-14(8-6-13)16-4-3-9-22(16)17-11-19-15(10-20-17)18(23)24/h5-8,10-11,16H,3-4,9,12H2,1-2H3,(H,23,24). The molecule has 1 aromatic carbocycles. The maximum Gasteiger partial charge on any atom is 0.356 e. The van der Waals surface area contributed by atoms with Gasteiger partial charge in [0.2, 0.25) is 0 Å². The molecular weight excluding hydrogens is 304 g/mol. The lowest BCUT2D eigenvalue weighted by atomic mass is 10.0. The Morgan fingerprint density at radius 1 is 1.25 bits per heavy atom. The third-order valence-electron chi connectivity index (χ3n) is 4.27. The Morgan fingerprint density at radius 2 is 2.00 bits per heavy atom. The summed E-state index contributed by atoms with van der Waals surface area (Å²) in [6.45, 7) is 1.84. The number of nitrogens with zero attached hydrogens (tertiary/aromatic N) is 4. The first kappa shape index (κ1) is 16.4. The lowest BCUT2D eigenvalue weighted by Crippen LogP contribution is -2.24.